The normalized spacial score (nSPS) is 11.0. The number of hydrogen-bond donors (Lipinski definition) is 1. The molecule has 0 aliphatic carbocycles. The lowest BCUT2D eigenvalue weighted by Crippen LogP contribution is -2.20. The number of hydrogen-bond acceptors (Lipinski definition) is 10. The van der Waals surface area contributed by atoms with Crippen LogP contribution in [-0.2, 0) is 33.4 Å². The molecule has 0 aliphatic heterocycles. The fraction of sp³-hybridized carbons (Fsp3) is 0.417. The van der Waals surface area contributed by atoms with Crippen LogP contribution in [0.4, 0.5) is 5.13 Å². The van der Waals surface area contributed by atoms with Crippen LogP contribution in [0, 0.1) is 0 Å². The number of carbonyl (C=O) groups excluding carboxylic acids is 3. The molecule has 0 saturated heterocycles. The highest BCUT2D eigenvalue weighted by Gasteiger charge is 2.20. The second kappa shape index (κ2) is 9.61. The summed E-state index contributed by atoms with van der Waals surface area (Å²) in [6.45, 7) is -0.463. The first-order valence-corrected chi connectivity index (χ1v) is 6.99. The number of aromatic nitrogens is 1. The number of nitrogens with one attached hydrogen (secondary N) is 1. The largest absolute Gasteiger partial charge is 0.464 e. The van der Waals surface area contributed by atoms with Gasteiger partial charge in [0.05, 0.1) is 7.11 Å². The van der Waals surface area contributed by atoms with E-state index in [1.165, 1.54) is 19.6 Å². The van der Waals surface area contributed by atoms with Crippen molar-refractivity contribution in [2.75, 3.05) is 39.9 Å². The molecule has 1 heterocycles. The van der Waals surface area contributed by atoms with Crippen molar-refractivity contribution in [3.8, 4) is 0 Å². The first-order chi connectivity index (χ1) is 11.0. The molecule has 1 rings (SSSR count). The average molecular weight is 345 g/mol. The quantitative estimate of drug-likeness (QED) is 0.297. The Morgan fingerprint density at radius 2 is 1.91 bits per heavy atom. The second-order valence-corrected chi connectivity index (χ2v) is 4.70. The molecule has 0 spiro atoms. The van der Waals surface area contributed by atoms with Gasteiger partial charge in [-0.15, -0.1) is 11.3 Å². The maximum absolute atomic E-state index is 11.7. The van der Waals surface area contributed by atoms with Crippen molar-refractivity contribution in [1.29, 1.82) is 0 Å². The Morgan fingerprint density at radius 3 is 2.52 bits per heavy atom. The third-order valence-electron chi connectivity index (χ3n) is 2.15. The van der Waals surface area contributed by atoms with E-state index < -0.39 is 17.8 Å². The molecule has 0 saturated carbocycles. The molecule has 1 aromatic rings. The monoisotopic (exact) mass is 345 g/mol. The molecule has 0 radical (unpaired) electrons. The fourth-order valence-corrected chi connectivity index (χ4v) is 1.96. The molecule has 0 atom stereocenters. The summed E-state index contributed by atoms with van der Waals surface area (Å²) < 4.78 is 13.8. The lowest BCUT2D eigenvalue weighted by Gasteiger charge is -2.02. The minimum absolute atomic E-state index is 0.0831. The fourth-order valence-electron chi connectivity index (χ4n) is 1.25. The molecule has 23 heavy (non-hydrogen) atoms. The number of thiazole rings is 1. The number of methoxy groups -OCH3 is 3. The summed E-state index contributed by atoms with van der Waals surface area (Å²) in [7, 11) is 3.83. The maximum Gasteiger partial charge on any atom is 0.362 e. The third-order valence-corrected chi connectivity index (χ3v) is 2.91. The van der Waals surface area contributed by atoms with Gasteiger partial charge in [0, 0.05) is 19.6 Å². The molecule has 1 N–H and O–H groups in total. The number of amides is 1. The van der Waals surface area contributed by atoms with E-state index in [0.717, 1.165) is 18.4 Å². The number of carbonyl (C=O) groups is 3. The first kappa shape index (κ1) is 18.7. The molecule has 10 nitrogen and oxygen atoms in total. The summed E-state index contributed by atoms with van der Waals surface area (Å²) >= 11 is 1.05. The molecule has 0 aliphatic rings. The SMILES string of the molecule is COCC(=O)Nc1nc(C(=NOC(=O)COC)C(=O)OC)cs1. The van der Waals surface area contributed by atoms with Crippen molar-refractivity contribution in [1.82, 2.24) is 4.98 Å². The van der Waals surface area contributed by atoms with E-state index in [1.54, 1.807) is 0 Å². The third kappa shape index (κ3) is 6.10. The van der Waals surface area contributed by atoms with Gasteiger partial charge < -0.3 is 19.0 Å². The highest BCUT2D eigenvalue weighted by atomic mass is 32.1. The minimum atomic E-state index is -0.852. The van der Waals surface area contributed by atoms with E-state index in [1.807, 2.05) is 0 Å². The highest BCUT2D eigenvalue weighted by molar-refractivity contribution is 7.14. The van der Waals surface area contributed by atoms with Crippen LogP contribution in [0.1, 0.15) is 5.69 Å². The molecule has 0 aromatic carbocycles. The Kier molecular flexibility index (Phi) is 7.80. The van der Waals surface area contributed by atoms with Crippen molar-refractivity contribution in [3.63, 3.8) is 0 Å². The smallest absolute Gasteiger partial charge is 0.362 e. The van der Waals surface area contributed by atoms with Crippen LogP contribution in [0.2, 0.25) is 0 Å². The zero-order chi connectivity index (χ0) is 17.2. The summed E-state index contributed by atoms with van der Waals surface area (Å²) in [5, 5.41) is 7.57. The lowest BCUT2D eigenvalue weighted by molar-refractivity contribution is -0.148. The standard InChI is InChI=1S/C12H15N3O7S/c1-19-4-8(16)14-12-13-7(6-23-12)10(11(18)21-3)15-22-9(17)5-20-2/h6H,4-5H2,1-3H3,(H,13,14,16). The molecule has 126 valence electrons. The number of esters is 1. The maximum atomic E-state index is 11.7. The van der Waals surface area contributed by atoms with Crippen LogP contribution >= 0.6 is 11.3 Å². The van der Waals surface area contributed by atoms with Gasteiger partial charge in [-0.1, -0.05) is 5.16 Å². The van der Waals surface area contributed by atoms with Crippen molar-refractivity contribution >= 4 is 40.0 Å². The Balaban J connectivity index is 2.89. The Morgan fingerprint density at radius 1 is 1.22 bits per heavy atom. The van der Waals surface area contributed by atoms with E-state index in [0.29, 0.717) is 0 Å². The summed E-state index contributed by atoms with van der Waals surface area (Å²) in [5.41, 5.74) is -0.236. The van der Waals surface area contributed by atoms with Gasteiger partial charge in [0.2, 0.25) is 5.71 Å². The predicted octanol–water partition coefficient (Wildman–Crippen LogP) is -0.205. The summed E-state index contributed by atoms with van der Waals surface area (Å²) in [5.74, 6) is -2.05. The van der Waals surface area contributed by atoms with E-state index in [4.69, 9.17) is 0 Å². The van der Waals surface area contributed by atoms with Crippen LogP contribution in [0.3, 0.4) is 0 Å². The van der Waals surface area contributed by atoms with Gasteiger partial charge in [0.1, 0.15) is 18.9 Å². The van der Waals surface area contributed by atoms with Gasteiger partial charge in [-0.3, -0.25) is 10.1 Å². The van der Waals surface area contributed by atoms with Gasteiger partial charge in [-0.2, -0.15) is 0 Å². The van der Waals surface area contributed by atoms with Crippen LogP contribution in [0.15, 0.2) is 10.5 Å². The van der Waals surface area contributed by atoms with E-state index >= 15 is 0 Å². The zero-order valence-electron chi connectivity index (χ0n) is 12.7. The van der Waals surface area contributed by atoms with Crippen LogP contribution < -0.4 is 5.32 Å². The molecular formula is C12H15N3O7S. The van der Waals surface area contributed by atoms with Gasteiger partial charge in [-0.05, 0) is 0 Å². The Bertz CT molecular complexity index is 599. The highest BCUT2D eigenvalue weighted by Crippen LogP contribution is 2.16. The molecule has 0 fully saturated rings. The van der Waals surface area contributed by atoms with Gasteiger partial charge >= 0.3 is 11.9 Å². The molecule has 11 heteroatoms. The van der Waals surface area contributed by atoms with E-state index in [-0.39, 0.29) is 29.8 Å². The predicted molar refractivity (Wildman–Crippen MR) is 79.1 cm³/mol. The van der Waals surface area contributed by atoms with Crippen LogP contribution in [0.25, 0.3) is 0 Å². The van der Waals surface area contributed by atoms with Crippen molar-refractivity contribution in [2.45, 2.75) is 0 Å². The average Bonchev–Trinajstić information content (AvgIpc) is 2.95. The van der Waals surface area contributed by atoms with Crippen molar-refractivity contribution in [3.05, 3.63) is 11.1 Å². The number of ether oxygens (including phenoxy) is 3. The lowest BCUT2D eigenvalue weighted by atomic mass is 10.3. The number of rotatable bonds is 8. The summed E-state index contributed by atoms with van der Waals surface area (Å²) in [6.07, 6.45) is 0. The Hall–Kier alpha value is -2.37. The van der Waals surface area contributed by atoms with Crippen molar-refractivity contribution in [2.24, 2.45) is 5.16 Å². The van der Waals surface area contributed by atoms with Gasteiger partial charge in [0.25, 0.3) is 5.91 Å². The Labute approximate surface area is 135 Å². The van der Waals surface area contributed by atoms with Gasteiger partial charge in [-0.25, -0.2) is 14.6 Å². The summed E-state index contributed by atoms with van der Waals surface area (Å²) in [4.78, 5) is 42.8. The zero-order valence-corrected chi connectivity index (χ0v) is 13.5. The van der Waals surface area contributed by atoms with Crippen LogP contribution in [-0.4, -0.2) is 63.1 Å². The molecule has 1 amide bonds. The van der Waals surface area contributed by atoms with E-state index in [9.17, 15) is 14.4 Å². The number of anilines is 1. The molecule has 1 aromatic heterocycles. The molecule has 0 unspecified atom stereocenters. The molecule has 0 bridgehead atoms. The van der Waals surface area contributed by atoms with E-state index in [2.05, 4.69) is 34.5 Å². The first-order valence-electron chi connectivity index (χ1n) is 6.11. The number of oxime groups is 1. The minimum Gasteiger partial charge on any atom is -0.464 e. The second-order valence-electron chi connectivity index (χ2n) is 3.85. The molecular weight excluding hydrogens is 330 g/mol. The van der Waals surface area contributed by atoms with Crippen LogP contribution in [0.5, 0.6) is 0 Å². The number of nitrogens with zero attached hydrogens (tertiary/aromatic N) is 2. The topological polar surface area (TPSA) is 125 Å². The summed E-state index contributed by atoms with van der Waals surface area (Å²) in [6, 6.07) is 0. The van der Waals surface area contributed by atoms with Crippen molar-refractivity contribution < 1.29 is 33.4 Å². The van der Waals surface area contributed by atoms with Gasteiger partial charge in [0.15, 0.2) is 5.13 Å².